The molecular formula is C13H23N5O2S. The highest BCUT2D eigenvalue weighted by Crippen LogP contribution is 2.19. The van der Waals surface area contributed by atoms with Crippen molar-refractivity contribution in [3.63, 3.8) is 0 Å². The van der Waals surface area contributed by atoms with Gasteiger partial charge in [-0.1, -0.05) is 6.92 Å². The first-order valence-corrected chi connectivity index (χ1v) is 8.60. The minimum Gasteiger partial charge on any atom is -0.308 e. The number of rotatable bonds is 5. The minimum absolute atomic E-state index is 0.207. The fourth-order valence-corrected chi connectivity index (χ4v) is 3.78. The smallest absolute Gasteiger partial charge is 0.244 e. The van der Waals surface area contributed by atoms with Gasteiger partial charge in [0.05, 0.1) is 0 Å². The van der Waals surface area contributed by atoms with E-state index < -0.39 is 10.0 Å². The van der Waals surface area contributed by atoms with Crippen molar-refractivity contribution in [3.8, 4) is 0 Å². The lowest BCUT2D eigenvalue weighted by Gasteiger charge is -2.37. The van der Waals surface area contributed by atoms with Crippen molar-refractivity contribution in [1.29, 1.82) is 0 Å². The second-order valence-corrected chi connectivity index (χ2v) is 7.16. The van der Waals surface area contributed by atoms with Gasteiger partial charge in [0.2, 0.25) is 10.0 Å². The Morgan fingerprint density at radius 3 is 2.48 bits per heavy atom. The van der Waals surface area contributed by atoms with Gasteiger partial charge in [-0.25, -0.2) is 19.2 Å². The molecule has 21 heavy (non-hydrogen) atoms. The summed E-state index contributed by atoms with van der Waals surface area (Å²) in [5.41, 5.74) is 2.38. The number of piperazine rings is 1. The van der Waals surface area contributed by atoms with Crippen molar-refractivity contribution in [2.45, 2.75) is 31.2 Å². The predicted octanol–water partition coefficient (Wildman–Crippen LogP) is 0.472. The van der Waals surface area contributed by atoms with Crippen LogP contribution in [0.3, 0.4) is 0 Å². The summed E-state index contributed by atoms with van der Waals surface area (Å²) in [6, 6.07) is 3.58. The zero-order valence-corrected chi connectivity index (χ0v) is 13.3. The number of aromatic nitrogens is 1. The topological polar surface area (TPSA) is 91.6 Å². The van der Waals surface area contributed by atoms with Crippen molar-refractivity contribution in [2.24, 2.45) is 5.84 Å². The number of pyridine rings is 1. The van der Waals surface area contributed by atoms with Crippen LogP contribution in [0.4, 0.5) is 5.82 Å². The highest BCUT2D eigenvalue weighted by atomic mass is 32.2. The largest absolute Gasteiger partial charge is 0.308 e. The Bertz CT molecular complexity index is 552. The van der Waals surface area contributed by atoms with E-state index >= 15 is 0 Å². The van der Waals surface area contributed by atoms with Crippen LogP contribution in [0.5, 0.6) is 0 Å². The van der Waals surface area contributed by atoms with Crippen molar-refractivity contribution in [1.82, 2.24) is 14.2 Å². The second kappa shape index (κ2) is 6.69. The lowest BCUT2D eigenvalue weighted by atomic mass is 10.2. The summed E-state index contributed by atoms with van der Waals surface area (Å²) in [6.45, 7) is 6.89. The number of anilines is 1. The van der Waals surface area contributed by atoms with E-state index in [4.69, 9.17) is 5.84 Å². The summed E-state index contributed by atoms with van der Waals surface area (Å²) in [7, 11) is -3.47. The Morgan fingerprint density at radius 1 is 1.33 bits per heavy atom. The summed E-state index contributed by atoms with van der Waals surface area (Å²) in [6.07, 6.45) is 2.41. The fraction of sp³-hybridized carbons (Fsp3) is 0.615. The number of nitrogen functional groups attached to an aromatic ring is 1. The molecule has 1 aromatic rings. The molecule has 1 aliphatic rings. The van der Waals surface area contributed by atoms with Gasteiger partial charge in [-0.15, -0.1) is 0 Å². The van der Waals surface area contributed by atoms with Gasteiger partial charge < -0.3 is 5.43 Å². The monoisotopic (exact) mass is 313 g/mol. The number of nitrogens with two attached hydrogens (primary N) is 1. The predicted molar refractivity (Wildman–Crippen MR) is 82.1 cm³/mol. The molecule has 0 bridgehead atoms. The Balaban J connectivity index is 2.07. The Kier molecular flexibility index (Phi) is 5.15. The molecule has 0 saturated carbocycles. The molecule has 1 aromatic heterocycles. The van der Waals surface area contributed by atoms with Crippen molar-refractivity contribution in [3.05, 3.63) is 18.3 Å². The first-order chi connectivity index (χ1) is 9.98. The van der Waals surface area contributed by atoms with Crippen LogP contribution in [0, 0.1) is 0 Å². The average molecular weight is 313 g/mol. The van der Waals surface area contributed by atoms with Gasteiger partial charge in [0, 0.05) is 38.4 Å². The molecule has 0 amide bonds. The quantitative estimate of drug-likeness (QED) is 0.606. The van der Waals surface area contributed by atoms with Crippen molar-refractivity contribution >= 4 is 15.8 Å². The van der Waals surface area contributed by atoms with Crippen LogP contribution < -0.4 is 11.3 Å². The molecule has 2 heterocycles. The molecule has 7 nitrogen and oxygen atoms in total. The van der Waals surface area contributed by atoms with Gasteiger partial charge in [0.1, 0.15) is 10.7 Å². The molecular weight excluding hydrogens is 290 g/mol. The maximum Gasteiger partial charge on any atom is 0.244 e. The molecule has 1 saturated heterocycles. The molecule has 1 atom stereocenters. The molecule has 1 fully saturated rings. The average Bonchev–Trinajstić information content (AvgIpc) is 2.54. The van der Waals surface area contributed by atoms with Crippen molar-refractivity contribution in [2.75, 3.05) is 31.6 Å². The molecule has 8 heteroatoms. The Hall–Kier alpha value is -1.22. The summed E-state index contributed by atoms with van der Waals surface area (Å²) in [5.74, 6) is 5.67. The Morgan fingerprint density at radius 2 is 2.00 bits per heavy atom. The molecule has 1 unspecified atom stereocenters. The van der Waals surface area contributed by atoms with E-state index in [1.165, 1.54) is 16.6 Å². The first kappa shape index (κ1) is 16.2. The molecule has 0 aromatic carbocycles. The molecule has 1 aliphatic heterocycles. The Labute approximate surface area is 126 Å². The maximum absolute atomic E-state index is 12.5. The summed E-state index contributed by atoms with van der Waals surface area (Å²) in [5, 5.41) is 0. The zero-order chi connectivity index (χ0) is 15.5. The molecule has 0 spiro atoms. The molecule has 0 radical (unpaired) electrons. The van der Waals surface area contributed by atoms with E-state index in [1.54, 1.807) is 6.07 Å². The van der Waals surface area contributed by atoms with Gasteiger partial charge in [-0.3, -0.25) is 4.90 Å². The van der Waals surface area contributed by atoms with Gasteiger partial charge in [0.15, 0.2) is 0 Å². The van der Waals surface area contributed by atoms with Crippen LogP contribution in [-0.4, -0.2) is 54.8 Å². The van der Waals surface area contributed by atoms with Crippen LogP contribution in [0.25, 0.3) is 0 Å². The molecule has 118 valence electrons. The van der Waals surface area contributed by atoms with Crippen LogP contribution in [-0.2, 0) is 10.0 Å². The third-order valence-corrected chi connectivity index (χ3v) is 5.89. The summed E-state index contributed by atoms with van der Waals surface area (Å²) < 4.78 is 26.6. The van der Waals surface area contributed by atoms with Crippen LogP contribution in [0.1, 0.15) is 20.3 Å². The molecule has 3 N–H and O–H groups in total. The van der Waals surface area contributed by atoms with E-state index in [-0.39, 0.29) is 4.90 Å². The van der Waals surface area contributed by atoms with Crippen molar-refractivity contribution < 1.29 is 8.42 Å². The van der Waals surface area contributed by atoms with Gasteiger partial charge in [-0.2, -0.15) is 4.31 Å². The number of hydrogen-bond donors (Lipinski definition) is 2. The lowest BCUT2D eigenvalue weighted by molar-refractivity contribution is 0.142. The number of hydrogen-bond acceptors (Lipinski definition) is 6. The SMILES string of the molecule is CCC(C)N1CCN(S(=O)(=O)c2ccc(NN)nc2)CC1. The van der Waals surface area contributed by atoms with E-state index in [2.05, 4.69) is 29.2 Å². The lowest BCUT2D eigenvalue weighted by Crippen LogP contribution is -2.51. The number of nitrogens with one attached hydrogen (secondary N) is 1. The zero-order valence-electron chi connectivity index (χ0n) is 12.5. The second-order valence-electron chi connectivity index (χ2n) is 5.22. The number of hydrazine groups is 1. The third-order valence-electron chi connectivity index (χ3n) is 4.01. The normalized spacial score (nSPS) is 19.4. The highest BCUT2D eigenvalue weighted by Gasteiger charge is 2.29. The van der Waals surface area contributed by atoms with E-state index in [9.17, 15) is 8.42 Å². The van der Waals surface area contributed by atoms with Crippen LogP contribution in [0.2, 0.25) is 0 Å². The van der Waals surface area contributed by atoms with Gasteiger partial charge in [0.25, 0.3) is 0 Å². The number of nitrogens with zero attached hydrogens (tertiary/aromatic N) is 3. The van der Waals surface area contributed by atoms with E-state index in [0.29, 0.717) is 24.9 Å². The standard InChI is InChI=1S/C13H23N5O2S/c1-3-11(2)17-6-8-18(9-7-17)21(19,20)12-4-5-13(16-14)15-10-12/h4-5,10-11H,3,6-9,14H2,1-2H3,(H,15,16). The third kappa shape index (κ3) is 3.52. The summed E-state index contributed by atoms with van der Waals surface area (Å²) >= 11 is 0. The van der Waals surface area contributed by atoms with Crippen LogP contribution >= 0.6 is 0 Å². The highest BCUT2D eigenvalue weighted by molar-refractivity contribution is 7.89. The van der Waals surface area contributed by atoms with E-state index in [0.717, 1.165) is 19.5 Å². The summed E-state index contributed by atoms with van der Waals surface area (Å²) in [4.78, 5) is 6.49. The van der Waals surface area contributed by atoms with Gasteiger partial charge >= 0.3 is 0 Å². The van der Waals surface area contributed by atoms with E-state index in [1.807, 2.05) is 0 Å². The molecule has 0 aliphatic carbocycles. The van der Waals surface area contributed by atoms with Crippen LogP contribution in [0.15, 0.2) is 23.2 Å². The van der Waals surface area contributed by atoms with Gasteiger partial charge in [-0.05, 0) is 25.5 Å². The fourth-order valence-electron chi connectivity index (χ4n) is 2.41. The maximum atomic E-state index is 12.5. The minimum atomic E-state index is -3.47. The number of sulfonamides is 1. The first-order valence-electron chi connectivity index (χ1n) is 7.16. The molecule has 2 rings (SSSR count).